The molecule has 1 aliphatic rings. The lowest BCUT2D eigenvalue weighted by molar-refractivity contribution is -0.123. The molecule has 0 aliphatic carbocycles. The zero-order chi connectivity index (χ0) is 15.3. The van der Waals surface area contributed by atoms with E-state index in [1.54, 1.807) is 0 Å². The van der Waals surface area contributed by atoms with Gasteiger partial charge in [0, 0.05) is 25.0 Å². The number of nitrogens with zero attached hydrogens (tertiary/aromatic N) is 2. The van der Waals surface area contributed by atoms with Crippen molar-refractivity contribution in [2.45, 2.75) is 38.3 Å². The number of hydrogen-bond acceptors (Lipinski definition) is 5. The average Bonchev–Trinajstić information content (AvgIpc) is 2.44. The minimum atomic E-state index is -0.412. The molecular formula is C14H20N4O3. The van der Waals surface area contributed by atoms with Crippen LogP contribution in [0, 0.1) is 0 Å². The first kappa shape index (κ1) is 15.4. The van der Waals surface area contributed by atoms with Crippen LogP contribution in [0.15, 0.2) is 18.6 Å². The maximum absolute atomic E-state index is 11.9. The van der Waals surface area contributed by atoms with Gasteiger partial charge in [0.05, 0.1) is 18.3 Å². The molecule has 2 heterocycles. The van der Waals surface area contributed by atoms with Gasteiger partial charge in [-0.05, 0) is 26.7 Å². The molecule has 1 aromatic rings. The summed E-state index contributed by atoms with van der Waals surface area (Å²) < 4.78 is 5.60. The van der Waals surface area contributed by atoms with E-state index in [1.165, 1.54) is 18.6 Å². The SMILES string of the molecule is CC1(C)CC(NC(=O)CNC(=O)c2cnccn2)CCO1. The Hall–Kier alpha value is -2.02. The maximum Gasteiger partial charge on any atom is 0.271 e. The molecule has 0 bridgehead atoms. The Balaban J connectivity index is 1.76. The summed E-state index contributed by atoms with van der Waals surface area (Å²) in [4.78, 5) is 31.3. The van der Waals surface area contributed by atoms with Crippen LogP contribution in [0.2, 0.25) is 0 Å². The van der Waals surface area contributed by atoms with Crippen LogP contribution in [0.1, 0.15) is 37.2 Å². The van der Waals surface area contributed by atoms with E-state index in [0.29, 0.717) is 6.61 Å². The highest BCUT2D eigenvalue weighted by Crippen LogP contribution is 2.23. The first-order valence-corrected chi connectivity index (χ1v) is 6.94. The first-order chi connectivity index (χ1) is 9.96. The van der Waals surface area contributed by atoms with Gasteiger partial charge in [0.1, 0.15) is 5.69 Å². The van der Waals surface area contributed by atoms with Crippen molar-refractivity contribution in [3.63, 3.8) is 0 Å². The molecule has 2 amide bonds. The van der Waals surface area contributed by atoms with Crippen molar-refractivity contribution >= 4 is 11.8 Å². The number of aromatic nitrogens is 2. The van der Waals surface area contributed by atoms with Crippen LogP contribution < -0.4 is 10.6 Å². The summed E-state index contributed by atoms with van der Waals surface area (Å²) in [6.07, 6.45) is 5.81. The summed E-state index contributed by atoms with van der Waals surface area (Å²) in [6.45, 7) is 4.55. The third-order valence-corrected chi connectivity index (χ3v) is 3.27. The molecule has 1 aromatic heterocycles. The molecule has 114 valence electrons. The van der Waals surface area contributed by atoms with Gasteiger partial charge in [0.2, 0.25) is 5.91 Å². The molecule has 2 N–H and O–H groups in total. The van der Waals surface area contributed by atoms with Gasteiger partial charge < -0.3 is 15.4 Å². The second-order valence-electron chi connectivity index (χ2n) is 5.64. The molecular weight excluding hydrogens is 272 g/mol. The van der Waals surface area contributed by atoms with Gasteiger partial charge in [0.25, 0.3) is 5.91 Å². The minimum absolute atomic E-state index is 0.0762. The largest absolute Gasteiger partial charge is 0.375 e. The van der Waals surface area contributed by atoms with Gasteiger partial charge in [-0.1, -0.05) is 0 Å². The summed E-state index contributed by atoms with van der Waals surface area (Å²) in [5.41, 5.74) is -0.0310. The van der Waals surface area contributed by atoms with Crippen LogP contribution >= 0.6 is 0 Å². The molecule has 1 atom stereocenters. The van der Waals surface area contributed by atoms with E-state index in [4.69, 9.17) is 4.74 Å². The van der Waals surface area contributed by atoms with Gasteiger partial charge in [-0.3, -0.25) is 14.6 Å². The second-order valence-corrected chi connectivity index (χ2v) is 5.64. The van der Waals surface area contributed by atoms with E-state index in [-0.39, 0.29) is 29.8 Å². The van der Waals surface area contributed by atoms with E-state index in [2.05, 4.69) is 20.6 Å². The third-order valence-electron chi connectivity index (χ3n) is 3.27. The predicted octanol–water partition coefficient (Wildman–Crippen LogP) is 0.280. The van der Waals surface area contributed by atoms with E-state index in [0.717, 1.165) is 12.8 Å². The normalized spacial score (nSPS) is 20.6. The number of carbonyl (C=O) groups excluding carboxylic acids is 2. The van der Waals surface area contributed by atoms with E-state index in [9.17, 15) is 9.59 Å². The Labute approximate surface area is 123 Å². The van der Waals surface area contributed by atoms with Gasteiger partial charge >= 0.3 is 0 Å². The molecule has 2 rings (SSSR count). The Kier molecular flexibility index (Phi) is 4.85. The fraction of sp³-hybridized carbons (Fsp3) is 0.571. The summed E-state index contributed by atoms with van der Waals surface area (Å²) in [5.74, 6) is -0.625. The molecule has 1 saturated heterocycles. The van der Waals surface area contributed by atoms with Gasteiger partial charge in [0.15, 0.2) is 0 Å². The zero-order valence-corrected chi connectivity index (χ0v) is 12.3. The molecule has 7 nitrogen and oxygen atoms in total. The lowest BCUT2D eigenvalue weighted by Gasteiger charge is -2.35. The monoisotopic (exact) mass is 292 g/mol. The van der Waals surface area contributed by atoms with Crippen LogP contribution in [-0.4, -0.2) is 46.6 Å². The van der Waals surface area contributed by atoms with Crippen molar-refractivity contribution in [3.8, 4) is 0 Å². The quantitative estimate of drug-likeness (QED) is 0.831. The topological polar surface area (TPSA) is 93.2 Å². The summed E-state index contributed by atoms with van der Waals surface area (Å²) >= 11 is 0. The molecule has 21 heavy (non-hydrogen) atoms. The lowest BCUT2D eigenvalue weighted by atomic mass is 9.94. The molecule has 1 fully saturated rings. The van der Waals surface area contributed by atoms with Crippen molar-refractivity contribution in [2.24, 2.45) is 0 Å². The number of hydrogen-bond donors (Lipinski definition) is 2. The van der Waals surface area contributed by atoms with Crippen molar-refractivity contribution in [3.05, 3.63) is 24.3 Å². The number of rotatable bonds is 4. The fourth-order valence-electron chi connectivity index (χ4n) is 2.30. The highest BCUT2D eigenvalue weighted by molar-refractivity contribution is 5.94. The first-order valence-electron chi connectivity index (χ1n) is 6.94. The maximum atomic E-state index is 11.9. The number of ether oxygens (including phenoxy) is 1. The molecule has 1 aliphatic heterocycles. The smallest absolute Gasteiger partial charge is 0.271 e. The number of carbonyl (C=O) groups is 2. The van der Waals surface area contributed by atoms with Crippen molar-refractivity contribution < 1.29 is 14.3 Å². The van der Waals surface area contributed by atoms with Crippen LogP contribution in [0.5, 0.6) is 0 Å². The second kappa shape index (κ2) is 6.62. The summed E-state index contributed by atoms with van der Waals surface area (Å²) in [7, 11) is 0. The van der Waals surface area contributed by atoms with Crippen LogP contribution in [0.4, 0.5) is 0 Å². The lowest BCUT2D eigenvalue weighted by Crippen LogP contribution is -2.48. The average molecular weight is 292 g/mol. The van der Waals surface area contributed by atoms with Crippen molar-refractivity contribution in [1.29, 1.82) is 0 Å². The molecule has 0 spiro atoms. The summed E-state index contributed by atoms with van der Waals surface area (Å²) in [5, 5.41) is 5.44. The van der Waals surface area contributed by atoms with Crippen LogP contribution in [0.25, 0.3) is 0 Å². The highest BCUT2D eigenvalue weighted by Gasteiger charge is 2.29. The van der Waals surface area contributed by atoms with Crippen molar-refractivity contribution in [2.75, 3.05) is 13.2 Å². The Bertz CT molecular complexity index is 504. The van der Waals surface area contributed by atoms with Crippen molar-refractivity contribution in [1.82, 2.24) is 20.6 Å². The van der Waals surface area contributed by atoms with Crippen LogP contribution in [0.3, 0.4) is 0 Å². The van der Waals surface area contributed by atoms with Gasteiger partial charge in [-0.2, -0.15) is 0 Å². The number of nitrogens with one attached hydrogen (secondary N) is 2. The minimum Gasteiger partial charge on any atom is -0.375 e. The molecule has 7 heteroatoms. The Morgan fingerprint density at radius 3 is 2.90 bits per heavy atom. The van der Waals surface area contributed by atoms with Gasteiger partial charge in [-0.25, -0.2) is 4.98 Å². The van der Waals surface area contributed by atoms with E-state index in [1.807, 2.05) is 13.8 Å². The molecule has 0 aromatic carbocycles. The highest BCUT2D eigenvalue weighted by atomic mass is 16.5. The Morgan fingerprint density at radius 2 is 2.24 bits per heavy atom. The summed E-state index contributed by atoms with van der Waals surface area (Å²) in [6, 6.07) is 0.0784. The zero-order valence-electron chi connectivity index (χ0n) is 12.3. The molecule has 0 saturated carbocycles. The van der Waals surface area contributed by atoms with Crippen LogP contribution in [-0.2, 0) is 9.53 Å². The standard InChI is InChI=1S/C14H20N4O3/c1-14(2)7-10(3-6-21-14)18-12(19)9-17-13(20)11-8-15-4-5-16-11/h4-5,8,10H,3,6-7,9H2,1-2H3,(H,17,20)(H,18,19). The molecule has 0 radical (unpaired) electrons. The third kappa shape index (κ3) is 4.78. The van der Waals surface area contributed by atoms with E-state index < -0.39 is 5.91 Å². The Morgan fingerprint density at radius 1 is 1.43 bits per heavy atom. The van der Waals surface area contributed by atoms with E-state index >= 15 is 0 Å². The molecule has 1 unspecified atom stereocenters. The van der Waals surface area contributed by atoms with Gasteiger partial charge in [-0.15, -0.1) is 0 Å². The number of amides is 2. The predicted molar refractivity (Wildman–Crippen MR) is 75.6 cm³/mol. The fourth-order valence-corrected chi connectivity index (χ4v) is 2.30.